The van der Waals surface area contributed by atoms with Gasteiger partial charge < -0.3 is 14.2 Å². The Bertz CT molecular complexity index is 1300. The highest BCUT2D eigenvalue weighted by molar-refractivity contribution is 5.59. The molecule has 9 heteroatoms. The van der Waals surface area contributed by atoms with Crippen LogP contribution in [-0.2, 0) is 13.0 Å². The highest BCUT2D eigenvalue weighted by Gasteiger charge is 2.23. The maximum atomic E-state index is 13.0. The lowest BCUT2D eigenvalue weighted by Gasteiger charge is -2.14. The number of alkyl halides is 2. The van der Waals surface area contributed by atoms with Crippen molar-refractivity contribution in [2.75, 3.05) is 19.6 Å². The van der Waals surface area contributed by atoms with Crippen LogP contribution in [0.4, 0.5) is 8.78 Å². The first kappa shape index (κ1) is 25.1. The third-order valence-corrected chi connectivity index (χ3v) is 6.53. The lowest BCUT2D eigenvalue weighted by molar-refractivity contribution is -0.158. The third-order valence-electron chi connectivity index (χ3n) is 6.53. The van der Waals surface area contributed by atoms with E-state index in [4.69, 9.17) is 4.52 Å². The first-order chi connectivity index (χ1) is 17.8. The number of aryl methyl sites for hydroxylation is 2. The maximum absolute atomic E-state index is 13.0. The summed E-state index contributed by atoms with van der Waals surface area (Å²) in [7, 11) is 0. The molecule has 0 radical (unpaired) electrons. The van der Waals surface area contributed by atoms with Crippen molar-refractivity contribution in [1.82, 2.24) is 24.8 Å². The molecule has 37 heavy (non-hydrogen) atoms. The summed E-state index contributed by atoms with van der Waals surface area (Å²) in [5.74, 6) is 0.701. The zero-order valence-corrected chi connectivity index (χ0v) is 21.2. The van der Waals surface area contributed by atoms with Crippen LogP contribution in [0.1, 0.15) is 43.0 Å². The van der Waals surface area contributed by atoms with Gasteiger partial charge in [-0.2, -0.15) is 18.9 Å². The van der Waals surface area contributed by atoms with Crippen LogP contribution in [0.25, 0.3) is 23.0 Å². The lowest BCUT2D eigenvalue weighted by Crippen LogP contribution is -2.20. The molecule has 1 aliphatic rings. The molecule has 1 aliphatic heterocycles. The summed E-state index contributed by atoms with van der Waals surface area (Å²) in [6.07, 6.45) is 1.73. The zero-order valence-electron chi connectivity index (χ0n) is 21.2. The largest absolute Gasteiger partial charge is 0.433 e. The second-order valence-electron chi connectivity index (χ2n) is 9.65. The van der Waals surface area contributed by atoms with E-state index in [0.29, 0.717) is 36.4 Å². The predicted octanol–water partition coefficient (Wildman–Crippen LogP) is 5.98. The number of benzene rings is 2. The smallest absolute Gasteiger partial charge is 0.394 e. The first-order valence-corrected chi connectivity index (χ1v) is 12.7. The van der Waals surface area contributed by atoms with Gasteiger partial charge in [0.25, 0.3) is 5.89 Å². The van der Waals surface area contributed by atoms with Crippen LogP contribution in [0.3, 0.4) is 0 Å². The molecule has 2 aromatic carbocycles. The van der Waals surface area contributed by atoms with Crippen molar-refractivity contribution in [3.05, 3.63) is 71.4 Å². The standard InChI is InChI=1S/C28H31F2N5O2/c1-20-18-25(27-31-26(33-37-27)23-11-13-24(14-12-23)36-28(2,29)30)32-35(20)19-22-9-7-21(8-10-22)6-5-17-34-15-3-4-16-34/h7-14,18H,3-6,15-17,19H2,1-2H3. The Morgan fingerprint density at radius 2 is 1.70 bits per heavy atom. The Hall–Kier alpha value is -3.59. The highest BCUT2D eigenvalue weighted by atomic mass is 19.3. The topological polar surface area (TPSA) is 69.2 Å². The van der Waals surface area contributed by atoms with E-state index in [1.54, 1.807) is 12.1 Å². The van der Waals surface area contributed by atoms with Gasteiger partial charge >= 0.3 is 6.11 Å². The summed E-state index contributed by atoms with van der Waals surface area (Å²) in [4.78, 5) is 7.00. The van der Waals surface area contributed by atoms with Crippen molar-refractivity contribution in [3.8, 4) is 28.7 Å². The van der Waals surface area contributed by atoms with Crippen molar-refractivity contribution < 1.29 is 18.0 Å². The molecule has 5 rings (SSSR count). The van der Waals surface area contributed by atoms with Gasteiger partial charge in [-0.3, -0.25) is 4.68 Å². The summed E-state index contributed by atoms with van der Waals surface area (Å²) in [6.45, 7) is 7.01. The number of hydrogen-bond acceptors (Lipinski definition) is 6. The number of rotatable bonds is 10. The molecule has 0 aliphatic carbocycles. The molecule has 0 unspecified atom stereocenters. The minimum atomic E-state index is -3.24. The minimum absolute atomic E-state index is 0.0597. The molecular weight excluding hydrogens is 476 g/mol. The predicted molar refractivity (Wildman–Crippen MR) is 136 cm³/mol. The molecular formula is C28H31F2N5O2. The van der Waals surface area contributed by atoms with Crippen LogP contribution in [-0.4, -0.2) is 50.6 Å². The summed E-state index contributed by atoms with van der Waals surface area (Å²) in [6, 6.07) is 16.8. The average Bonchev–Trinajstić information content (AvgIpc) is 3.62. The van der Waals surface area contributed by atoms with Gasteiger partial charge in [-0.05, 0) is 93.7 Å². The molecule has 7 nitrogen and oxygen atoms in total. The molecule has 0 spiro atoms. The minimum Gasteiger partial charge on any atom is -0.433 e. The van der Waals surface area contributed by atoms with Crippen molar-refractivity contribution >= 4 is 0 Å². The summed E-state index contributed by atoms with van der Waals surface area (Å²) >= 11 is 0. The van der Waals surface area contributed by atoms with Crippen LogP contribution in [0.5, 0.6) is 5.75 Å². The molecule has 0 N–H and O–H groups in total. The molecule has 0 bridgehead atoms. The van der Waals surface area contributed by atoms with E-state index in [1.165, 1.54) is 62.2 Å². The van der Waals surface area contributed by atoms with Gasteiger partial charge in [0, 0.05) is 18.2 Å². The normalized spacial score (nSPS) is 14.4. The number of aromatic nitrogens is 4. The Kier molecular flexibility index (Phi) is 7.32. The number of ether oxygens (including phenoxy) is 1. The van der Waals surface area contributed by atoms with Crippen molar-refractivity contribution in [3.63, 3.8) is 0 Å². The molecule has 194 valence electrons. The summed E-state index contributed by atoms with van der Waals surface area (Å²) < 4.78 is 38.0. The molecule has 0 amide bonds. The number of halogens is 2. The van der Waals surface area contributed by atoms with E-state index < -0.39 is 6.11 Å². The van der Waals surface area contributed by atoms with E-state index >= 15 is 0 Å². The zero-order chi connectivity index (χ0) is 25.8. The van der Waals surface area contributed by atoms with Crippen molar-refractivity contribution in [2.24, 2.45) is 0 Å². The number of nitrogens with zero attached hydrogens (tertiary/aromatic N) is 5. The van der Waals surface area contributed by atoms with Crippen LogP contribution in [0.15, 0.2) is 59.1 Å². The molecule has 4 aromatic rings. The van der Waals surface area contributed by atoms with Gasteiger partial charge in [0.2, 0.25) is 5.82 Å². The quantitative estimate of drug-likeness (QED) is 0.263. The fourth-order valence-electron chi connectivity index (χ4n) is 4.60. The Balaban J connectivity index is 1.20. The van der Waals surface area contributed by atoms with Crippen LogP contribution in [0.2, 0.25) is 0 Å². The number of likely N-dealkylation sites (tertiary alicyclic amines) is 1. The third kappa shape index (κ3) is 6.60. The Labute approximate surface area is 215 Å². The second kappa shape index (κ2) is 10.8. The van der Waals surface area contributed by atoms with Gasteiger partial charge in [-0.15, -0.1) is 0 Å². The lowest BCUT2D eigenvalue weighted by atomic mass is 10.1. The monoisotopic (exact) mass is 507 g/mol. The number of hydrogen-bond donors (Lipinski definition) is 0. The van der Waals surface area contributed by atoms with E-state index in [1.807, 2.05) is 17.7 Å². The van der Waals surface area contributed by atoms with Crippen LogP contribution in [0, 0.1) is 6.92 Å². The Morgan fingerprint density at radius 3 is 2.41 bits per heavy atom. The fraction of sp³-hybridized carbons (Fsp3) is 0.393. The van der Waals surface area contributed by atoms with E-state index in [9.17, 15) is 8.78 Å². The highest BCUT2D eigenvalue weighted by Crippen LogP contribution is 2.26. The van der Waals surface area contributed by atoms with Crippen LogP contribution >= 0.6 is 0 Å². The molecule has 1 saturated heterocycles. The average molecular weight is 508 g/mol. The van der Waals surface area contributed by atoms with Gasteiger partial charge in [-0.25, -0.2) is 0 Å². The van der Waals surface area contributed by atoms with Crippen molar-refractivity contribution in [1.29, 1.82) is 0 Å². The molecule has 0 atom stereocenters. The molecule has 0 saturated carbocycles. The van der Waals surface area contributed by atoms with Gasteiger partial charge in [0.05, 0.1) is 6.54 Å². The SMILES string of the molecule is Cc1cc(-c2nc(-c3ccc(OC(C)(F)F)cc3)no2)nn1Cc1ccc(CCCN2CCCC2)cc1. The first-order valence-electron chi connectivity index (χ1n) is 12.7. The van der Waals surface area contributed by atoms with E-state index in [0.717, 1.165) is 12.1 Å². The van der Waals surface area contributed by atoms with E-state index in [-0.39, 0.29) is 5.75 Å². The van der Waals surface area contributed by atoms with Gasteiger partial charge in [-0.1, -0.05) is 29.4 Å². The van der Waals surface area contributed by atoms with Crippen molar-refractivity contribution in [2.45, 2.75) is 52.2 Å². The summed E-state index contributed by atoms with van der Waals surface area (Å²) in [5.41, 5.74) is 4.72. The van der Waals surface area contributed by atoms with E-state index in [2.05, 4.69) is 49.1 Å². The maximum Gasteiger partial charge on any atom is 0.394 e. The van der Waals surface area contributed by atoms with Gasteiger partial charge in [0.15, 0.2) is 5.69 Å². The van der Waals surface area contributed by atoms with Gasteiger partial charge in [0.1, 0.15) is 5.75 Å². The fourth-order valence-corrected chi connectivity index (χ4v) is 4.60. The second-order valence-corrected chi connectivity index (χ2v) is 9.65. The summed E-state index contributed by atoms with van der Waals surface area (Å²) in [5, 5.41) is 8.69. The Morgan fingerprint density at radius 1 is 1.00 bits per heavy atom. The molecule has 2 aromatic heterocycles. The van der Waals surface area contributed by atoms with Crippen LogP contribution < -0.4 is 4.74 Å². The molecule has 3 heterocycles. The molecule has 1 fully saturated rings.